The highest BCUT2D eigenvalue weighted by atomic mass is 19.1. The molecule has 0 unspecified atom stereocenters. The van der Waals surface area contributed by atoms with Crippen molar-refractivity contribution < 1.29 is 13.9 Å². The zero-order valence-electron chi connectivity index (χ0n) is 18.0. The van der Waals surface area contributed by atoms with Crippen molar-refractivity contribution in [3.8, 4) is 5.75 Å². The molecule has 5 nitrogen and oxygen atoms in total. The van der Waals surface area contributed by atoms with Gasteiger partial charge in [0, 0.05) is 23.1 Å². The molecule has 0 spiro atoms. The lowest BCUT2D eigenvalue weighted by Crippen LogP contribution is -2.43. The third-order valence-electron chi connectivity index (χ3n) is 6.08. The van der Waals surface area contributed by atoms with E-state index >= 15 is 0 Å². The Kier molecular flexibility index (Phi) is 5.05. The molecule has 2 N–H and O–H groups in total. The predicted octanol–water partition coefficient (Wildman–Crippen LogP) is 5.80. The summed E-state index contributed by atoms with van der Waals surface area (Å²) in [6, 6.07) is 19.6. The molecule has 1 aromatic heterocycles. The van der Waals surface area contributed by atoms with E-state index in [0.29, 0.717) is 18.0 Å². The van der Waals surface area contributed by atoms with Crippen molar-refractivity contribution in [3.05, 3.63) is 94.9 Å². The van der Waals surface area contributed by atoms with Crippen LogP contribution in [0.1, 0.15) is 28.4 Å². The number of hydrogen-bond acceptors (Lipinski definition) is 2. The third kappa shape index (κ3) is 3.47. The number of anilines is 1. The van der Waals surface area contributed by atoms with E-state index in [-0.39, 0.29) is 17.9 Å². The lowest BCUT2D eigenvalue weighted by atomic mass is 9.92. The summed E-state index contributed by atoms with van der Waals surface area (Å²) in [5.41, 5.74) is 5.70. The number of carbonyl (C=O) groups is 1. The van der Waals surface area contributed by atoms with Crippen LogP contribution < -0.4 is 10.1 Å². The van der Waals surface area contributed by atoms with E-state index in [4.69, 9.17) is 4.74 Å². The first-order chi connectivity index (χ1) is 15.5. The molecule has 162 valence electrons. The first kappa shape index (κ1) is 20.1. The number of aryl methyl sites for hydroxylation is 1. The van der Waals surface area contributed by atoms with Gasteiger partial charge >= 0.3 is 6.03 Å². The fraction of sp³-hybridized carbons (Fsp3) is 0.192. The monoisotopic (exact) mass is 429 g/mol. The molecule has 1 aliphatic rings. The Bertz CT molecular complexity index is 1300. The number of fused-ring (bicyclic) bond motifs is 3. The van der Waals surface area contributed by atoms with E-state index in [1.165, 1.54) is 17.7 Å². The van der Waals surface area contributed by atoms with Crippen molar-refractivity contribution in [2.45, 2.75) is 19.4 Å². The zero-order chi connectivity index (χ0) is 22.2. The molecule has 1 aliphatic heterocycles. The summed E-state index contributed by atoms with van der Waals surface area (Å²) >= 11 is 0. The number of urea groups is 1. The third-order valence-corrected chi connectivity index (χ3v) is 6.08. The summed E-state index contributed by atoms with van der Waals surface area (Å²) in [6.07, 6.45) is 0.732. The van der Waals surface area contributed by atoms with Crippen LogP contribution in [0.2, 0.25) is 0 Å². The van der Waals surface area contributed by atoms with Gasteiger partial charge in [-0.1, -0.05) is 36.4 Å². The number of benzene rings is 3. The maximum atomic E-state index is 13.7. The minimum absolute atomic E-state index is 0.229. The summed E-state index contributed by atoms with van der Waals surface area (Å²) in [5, 5.41) is 4.18. The second-order valence-electron chi connectivity index (χ2n) is 8.09. The first-order valence-corrected chi connectivity index (χ1v) is 10.6. The number of aromatic amines is 1. The average molecular weight is 429 g/mol. The molecule has 2 amide bonds. The van der Waals surface area contributed by atoms with Crippen molar-refractivity contribution in [3.63, 3.8) is 0 Å². The first-order valence-electron chi connectivity index (χ1n) is 10.6. The van der Waals surface area contributed by atoms with Gasteiger partial charge in [0.25, 0.3) is 0 Å². The number of nitrogens with zero attached hydrogens (tertiary/aromatic N) is 1. The quantitative estimate of drug-likeness (QED) is 0.432. The molecule has 6 heteroatoms. The fourth-order valence-electron chi connectivity index (χ4n) is 4.56. The van der Waals surface area contributed by atoms with Gasteiger partial charge in [0.2, 0.25) is 0 Å². The van der Waals surface area contributed by atoms with Gasteiger partial charge < -0.3 is 19.9 Å². The predicted molar refractivity (Wildman–Crippen MR) is 124 cm³/mol. The average Bonchev–Trinajstić information content (AvgIpc) is 3.18. The Morgan fingerprint density at radius 2 is 1.91 bits per heavy atom. The van der Waals surface area contributed by atoms with Crippen LogP contribution in [-0.2, 0) is 6.42 Å². The fourth-order valence-corrected chi connectivity index (χ4v) is 4.56. The molecular formula is C26H24FN3O2. The van der Waals surface area contributed by atoms with Crippen molar-refractivity contribution in [1.82, 2.24) is 9.88 Å². The standard InChI is InChI=1S/C26H24FN3O2/c1-16-7-12-23(32-2)22(15-16)29-26(31)30-14-13-20-19-5-3-4-6-21(19)28-24(20)25(30)17-8-10-18(27)11-9-17/h3-12,15,25,28H,13-14H2,1-2H3,(H,29,31)/t25-/m1/s1. The topological polar surface area (TPSA) is 57.4 Å². The van der Waals surface area contributed by atoms with Gasteiger partial charge in [0.05, 0.1) is 18.8 Å². The Labute approximate surface area is 185 Å². The Hall–Kier alpha value is -3.80. The van der Waals surface area contributed by atoms with Gasteiger partial charge in [-0.05, 0) is 60.4 Å². The lowest BCUT2D eigenvalue weighted by Gasteiger charge is -2.36. The number of hydrogen-bond donors (Lipinski definition) is 2. The van der Waals surface area contributed by atoms with Gasteiger partial charge in [0.1, 0.15) is 11.6 Å². The minimum atomic E-state index is -0.359. The van der Waals surface area contributed by atoms with Gasteiger partial charge in [0.15, 0.2) is 0 Å². The molecule has 0 saturated heterocycles. The minimum Gasteiger partial charge on any atom is -0.495 e. The van der Waals surface area contributed by atoms with Crippen molar-refractivity contribution in [2.24, 2.45) is 0 Å². The molecule has 32 heavy (non-hydrogen) atoms. The number of carbonyl (C=O) groups excluding carboxylic acids is 1. The van der Waals surface area contributed by atoms with Crippen LogP contribution in [-0.4, -0.2) is 29.6 Å². The lowest BCUT2D eigenvalue weighted by molar-refractivity contribution is 0.193. The number of rotatable bonds is 3. The van der Waals surface area contributed by atoms with Crippen LogP contribution in [0, 0.1) is 12.7 Å². The van der Waals surface area contributed by atoms with E-state index < -0.39 is 0 Å². The van der Waals surface area contributed by atoms with E-state index in [1.807, 2.05) is 43.3 Å². The Balaban J connectivity index is 1.57. The molecule has 0 bridgehead atoms. The summed E-state index contributed by atoms with van der Waals surface area (Å²) in [5.74, 6) is 0.299. The second-order valence-corrected chi connectivity index (χ2v) is 8.09. The Morgan fingerprint density at radius 1 is 1.12 bits per heavy atom. The number of halogens is 1. The number of ether oxygens (including phenoxy) is 1. The van der Waals surface area contributed by atoms with E-state index in [0.717, 1.165) is 34.1 Å². The smallest absolute Gasteiger partial charge is 0.322 e. The normalized spacial score (nSPS) is 15.5. The van der Waals surface area contributed by atoms with Gasteiger partial charge in [-0.15, -0.1) is 0 Å². The van der Waals surface area contributed by atoms with Gasteiger partial charge in [-0.25, -0.2) is 9.18 Å². The Morgan fingerprint density at radius 3 is 2.69 bits per heavy atom. The van der Waals surface area contributed by atoms with E-state index in [1.54, 1.807) is 24.1 Å². The number of methoxy groups -OCH3 is 1. The SMILES string of the molecule is COc1ccc(C)cc1NC(=O)N1CCc2c([nH]c3ccccc23)[C@H]1c1ccc(F)cc1. The van der Waals surface area contributed by atoms with Gasteiger partial charge in [-0.2, -0.15) is 0 Å². The van der Waals surface area contributed by atoms with Crippen LogP contribution in [0.4, 0.5) is 14.9 Å². The maximum Gasteiger partial charge on any atom is 0.322 e. The van der Waals surface area contributed by atoms with Crippen LogP contribution >= 0.6 is 0 Å². The second kappa shape index (κ2) is 8.04. The van der Waals surface area contributed by atoms with Crippen LogP contribution in [0.5, 0.6) is 5.75 Å². The van der Waals surface area contributed by atoms with E-state index in [2.05, 4.69) is 16.4 Å². The summed E-state index contributed by atoms with van der Waals surface area (Å²) in [7, 11) is 1.58. The van der Waals surface area contributed by atoms with Crippen molar-refractivity contribution >= 4 is 22.6 Å². The largest absolute Gasteiger partial charge is 0.495 e. The number of para-hydroxylation sites is 1. The van der Waals surface area contributed by atoms with E-state index in [9.17, 15) is 9.18 Å². The number of H-pyrrole nitrogens is 1. The highest BCUT2D eigenvalue weighted by Crippen LogP contribution is 2.39. The molecule has 3 aromatic carbocycles. The summed E-state index contributed by atoms with van der Waals surface area (Å²) < 4.78 is 19.1. The molecule has 5 rings (SSSR count). The molecule has 0 radical (unpaired) electrons. The van der Waals surface area contributed by atoms with Crippen LogP contribution in [0.15, 0.2) is 66.7 Å². The summed E-state index contributed by atoms with van der Waals surface area (Å²) in [4.78, 5) is 18.8. The highest BCUT2D eigenvalue weighted by Gasteiger charge is 2.34. The zero-order valence-corrected chi connectivity index (χ0v) is 18.0. The van der Waals surface area contributed by atoms with Crippen LogP contribution in [0.3, 0.4) is 0 Å². The number of aromatic nitrogens is 1. The molecule has 4 aromatic rings. The van der Waals surface area contributed by atoms with Gasteiger partial charge in [-0.3, -0.25) is 0 Å². The molecule has 0 fully saturated rings. The highest BCUT2D eigenvalue weighted by molar-refractivity contribution is 5.93. The van der Waals surface area contributed by atoms with Crippen molar-refractivity contribution in [1.29, 1.82) is 0 Å². The molecule has 0 aliphatic carbocycles. The van der Waals surface area contributed by atoms with Crippen molar-refractivity contribution in [2.75, 3.05) is 19.0 Å². The maximum absolute atomic E-state index is 13.7. The molecular weight excluding hydrogens is 405 g/mol. The molecule has 2 heterocycles. The summed E-state index contributed by atoms with van der Waals surface area (Å²) in [6.45, 7) is 2.50. The molecule has 1 atom stereocenters. The number of nitrogens with one attached hydrogen (secondary N) is 2. The molecule has 0 saturated carbocycles. The van der Waals surface area contributed by atoms with Crippen LogP contribution in [0.25, 0.3) is 10.9 Å². The number of amides is 2.